The van der Waals surface area contributed by atoms with Crippen LogP contribution in [0.25, 0.3) is 0 Å². The number of rotatable bonds is 9. The van der Waals surface area contributed by atoms with E-state index in [1.165, 1.54) is 18.9 Å². The molecular formula is C19H23NaO4S. The van der Waals surface area contributed by atoms with Gasteiger partial charge in [0, 0.05) is 0 Å². The summed E-state index contributed by atoms with van der Waals surface area (Å²) < 4.78 is 40.5. The average Bonchev–Trinajstić information content (AvgIpc) is 2.56. The van der Waals surface area contributed by atoms with Gasteiger partial charge >= 0.3 is 29.6 Å². The van der Waals surface area contributed by atoms with Gasteiger partial charge in [0.05, 0.1) is 4.90 Å². The van der Waals surface area contributed by atoms with Crippen LogP contribution in [-0.2, 0) is 16.5 Å². The predicted octanol–water partition coefficient (Wildman–Crippen LogP) is 1.90. The topological polar surface area (TPSA) is 66.4 Å². The minimum Gasteiger partial charge on any atom is -0.744 e. The van der Waals surface area contributed by atoms with Gasteiger partial charge in [-0.1, -0.05) is 62.9 Å². The van der Waals surface area contributed by atoms with Gasteiger partial charge < -0.3 is 9.29 Å². The summed E-state index contributed by atoms with van der Waals surface area (Å²) in [5, 5.41) is 0. The van der Waals surface area contributed by atoms with Crippen LogP contribution in [0.4, 0.5) is 0 Å². The smallest absolute Gasteiger partial charge is 0.744 e. The van der Waals surface area contributed by atoms with E-state index in [1.807, 2.05) is 12.1 Å². The third kappa shape index (κ3) is 7.12. The van der Waals surface area contributed by atoms with Gasteiger partial charge in [0.25, 0.3) is 0 Å². The Hall–Kier alpha value is -0.850. The molecule has 4 nitrogen and oxygen atoms in total. The molecule has 0 unspecified atom stereocenters. The van der Waals surface area contributed by atoms with Crippen LogP contribution in [0.15, 0.2) is 53.4 Å². The molecule has 6 heteroatoms. The molecule has 0 N–H and O–H groups in total. The zero-order valence-electron chi connectivity index (χ0n) is 14.9. The van der Waals surface area contributed by atoms with E-state index in [0.29, 0.717) is 12.2 Å². The fourth-order valence-corrected chi connectivity index (χ4v) is 3.24. The number of hydrogen-bond acceptors (Lipinski definition) is 4. The zero-order chi connectivity index (χ0) is 17.4. The predicted molar refractivity (Wildman–Crippen MR) is 93.4 cm³/mol. The van der Waals surface area contributed by atoms with Crippen LogP contribution in [0.2, 0.25) is 0 Å². The molecule has 0 heterocycles. The van der Waals surface area contributed by atoms with Gasteiger partial charge in [-0.3, -0.25) is 0 Å². The van der Waals surface area contributed by atoms with Crippen molar-refractivity contribution in [2.75, 3.05) is 0 Å². The summed E-state index contributed by atoms with van der Waals surface area (Å²) in [6, 6.07) is 13.6. The largest absolute Gasteiger partial charge is 1.00 e. The van der Waals surface area contributed by atoms with Crippen LogP contribution in [-0.4, -0.2) is 13.0 Å². The van der Waals surface area contributed by atoms with Crippen LogP contribution in [0, 0.1) is 0 Å². The fourth-order valence-electron chi connectivity index (χ4n) is 2.60. The Morgan fingerprint density at radius 1 is 0.920 bits per heavy atom. The first kappa shape index (κ1) is 22.2. The van der Waals surface area contributed by atoms with Crippen molar-refractivity contribution in [1.82, 2.24) is 0 Å². The summed E-state index contributed by atoms with van der Waals surface area (Å²) in [5.41, 5.74) is 0.757. The summed E-state index contributed by atoms with van der Waals surface area (Å²) in [4.78, 5) is -0.294. The van der Waals surface area contributed by atoms with Gasteiger partial charge in [-0.2, -0.15) is 0 Å². The quantitative estimate of drug-likeness (QED) is 0.384. The second-order valence-corrected chi connectivity index (χ2v) is 7.13. The number of unbranched alkanes of at least 4 members (excludes halogenated alkanes) is 4. The molecule has 2 rings (SSSR count). The SMILES string of the molecule is CCCCCCCc1cccc(S(=O)(=O)[O-])c1Oc1ccccc1.[Na+]. The molecule has 0 atom stereocenters. The van der Waals surface area contributed by atoms with Gasteiger partial charge in [0.2, 0.25) is 0 Å². The van der Waals surface area contributed by atoms with Crippen molar-refractivity contribution in [2.24, 2.45) is 0 Å². The van der Waals surface area contributed by atoms with Gasteiger partial charge in [-0.25, -0.2) is 8.42 Å². The van der Waals surface area contributed by atoms with Crippen molar-refractivity contribution in [3.8, 4) is 11.5 Å². The molecule has 0 aliphatic heterocycles. The number of aryl methyl sites for hydroxylation is 1. The number of hydrogen-bond donors (Lipinski definition) is 0. The molecule has 0 aliphatic carbocycles. The summed E-state index contributed by atoms with van der Waals surface area (Å²) in [7, 11) is -4.59. The molecule has 130 valence electrons. The molecule has 0 spiro atoms. The third-order valence-corrected chi connectivity index (χ3v) is 4.70. The standard InChI is InChI=1S/C19H24O4S.Na/c1-2-3-4-5-7-11-16-12-10-15-18(24(20,21)22)19(16)23-17-13-8-6-9-14-17;/h6,8-10,12-15H,2-5,7,11H2,1H3,(H,20,21,22);/q;+1/p-1. The van der Waals surface area contributed by atoms with E-state index in [4.69, 9.17) is 4.74 Å². The average molecular weight is 370 g/mol. The molecule has 0 aliphatic rings. The van der Waals surface area contributed by atoms with E-state index in [1.54, 1.807) is 30.3 Å². The van der Waals surface area contributed by atoms with Crippen LogP contribution in [0.5, 0.6) is 11.5 Å². The minimum absolute atomic E-state index is 0. The van der Waals surface area contributed by atoms with Crippen LogP contribution < -0.4 is 34.3 Å². The Labute approximate surface area is 172 Å². The molecule has 25 heavy (non-hydrogen) atoms. The third-order valence-electron chi connectivity index (χ3n) is 3.84. The zero-order valence-corrected chi connectivity index (χ0v) is 17.7. The number of para-hydroxylation sites is 2. The Bertz CT molecular complexity index is 745. The van der Waals surface area contributed by atoms with Crippen LogP contribution >= 0.6 is 0 Å². The molecular weight excluding hydrogens is 347 g/mol. The summed E-state index contributed by atoms with van der Waals surface area (Å²) in [6.07, 6.45) is 6.23. The Morgan fingerprint density at radius 2 is 1.60 bits per heavy atom. The Kier molecular flexibility index (Phi) is 9.75. The van der Waals surface area contributed by atoms with Crippen LogP contribution in [0.1, 0.15) is 44.6 Å². The molecule has 0 saturated heterocycles. The first-order valence-electron chi connectivity index (χ1n) is 8.33. The summed E-state index contributed by atoms with van der Waals surface area (Å²) >= 11 is 0. The molecule has 0 amide bonds. The second kappa shape index (κ2) is 11.0. The van der Waals surface area contributed by atoms with Crippen molar-refractivity contribution in [3.63, 3.8) is 0 Å². The maximum atomic E-state index is 11.6. The maximum absolute atomic E-state index is 11.6. The Balaban J connectivity index is 0.00000312. The molecule has 0 saturated carbocycles. The van der Waals surface area contributed by atoms with E-state index in [2.05, 4.69) is 6.92 Å². The maximum Gasteiger partial charge on any atom is 1.00 e. The number of benzene rings is 2. The van der Waals surface area contributed by atoms with E-state index >= 15 is 0 Å². The molecule has 0 fully saturated rings. The van der Waals surface area contributed by atoms with Crippen LogP contribution in [0.3, 0.4) is 0 Å². The van der Waals surface area contributed by atoms with Crippen molar-refractivity contribution in [1.29, 1.82) is 0 Å². The van der Waals surface area contributed by atoms with Crippen molar-refractivity contribution in [3.05, 3.63) is 54.1 Å². The molecule has 2 aromatic carbocycles. The molecule has 2 aromatic rings. The van der Waals surface area contributed by atoms with E-state index < -0.39 is 10.1 Å². The van der Waals surface area contributed by atoms with Crippen molar-refractivity contribution in [2.45, 2.75) is 50.3 Å². The molecule has 0 radical (unpaired) electrons. The van der Waals surface area contributed by atoms with E-state index in [-0.39, 0.29) is 40.2 Å². The fraction of sp³-hybridized carbons (Fsp3) is 0.368. The van der Waals surface area contributed by atoms with E-state index in [9.17, 15) is 13.0 Å². The molecule has 0 bridgehead atoms. The first-order valence-corrected chi connectivity index (χ1v) is 9.74. The summed E-state index contributed by atoms with van der Waals surface area (Å²) in [5.74, 6) is 0.676. The Morgan fingerprint density at radius 3 is 2.24 bits per heavy atom. The van der Waals surface area contributed by atoms with Gasteiger partial charge in [0.1, 0.15) is 21.6 Å². The monoisotopic (exact) mass is 370 g/mol. The molecule has 0 aromatic heterocycles. The first-order chi connectivity index (χ1) is 11.5. The summed E-state index contributed by atoms with van der Waals surface area (Å²) in [6.45, 7) is 2.16. The van der Waals surface area contributed by atoms with Crippen molar-refractivity contribution >= 4 is 10.1 Å². The normalized spacial score (nSPS) is 11.0. The van der Waals surface area contributed by atoms with Crippen molar-refractivity contribution < 1.29 is 47.3 Å². The minimum atomic E-state index is -4.59. The van der Waals surface area contributed by atoms with Gasteiger partial charge in [0.15, 0.2) is 0 Å². The van der Waals surface area contributed by atoms with Gasteiger partial charge in [-0.15, -0.1) is 0 Å². The number of ether oxygens (including phenoxy) is 1. The van der Waals surface area contributed by atoms with Gasteiger partial charge in [-0.05, 0) is 36.6 Å². The van der Waals surface area contributed by atoms with E-state index in [0.717, 1.165) is 24.8 Å². The second-order valence-electron chi connectivity index (χ2n) is 5.78.